The van der Waals surface area contributed by atoms with Gasteiger partial charge in [-0.05, 0) is 32.1 Å². The van der Waals surface area contributed by atoms with Gasteiger partial charge >= 0.3 is 12.0 Å². The van der Waals surface area contributed by atoms with Gasteiger partial charge in [0.1, 0.15) is 6.04 Å². The van der Waals surface area contributed by atoms with Crippen LogP contribution in [0.5, 0.6) is 0 Å². The van der Waals surface area contributed by atoms with E-state index in [0.29, 0.717) is 31.1 Å². The fourth-order valence-corrected chi connectivity index (χ4v) is 4.75. The van der Waals surface area contributed by atoms with Gasteiger partial charge in [-0.1, -0.05) is 6.42 Å². The molecule has 2 saturated heterocycles. The summed E-state index contributed by atoms with van der Waals surface area (Å²) < 4.78 is 0. The number of aliphatic carboxylic acids is 1. The highest BCUT2D eigenvalue weighted by atomic mass is 32.2. The lowest BCUT2D eigenvalue weighted by Crippen LogP contribution is -2.36. The largest absolute Gasteiger partial charge is 0.480 e. The molecule has 2 aliphatic rings. The van der Waals surface area contributed by atoms with Gasteiger partial charge in [0, 0.05) is 24.0 Å². The molecule has 2 fully saturated rings. The van der Waals surface area contributed by atoms with Crippen LogP contribution in [0.2, 0.25) is 0 Å². The molecule has 0 spiro atoms. The van der Waals surface area contributed by atoms with Gasteiger partial charge in [0.2, 0.25) is 5.91 Å². The number of amides is 3. The summed E-state index contributed by atoms with van der Waals surface area (Å²) in [5, 5.41) is 17.9. The van der Waals surface area contributed by atoms with Gasteiger partial charge in [-0.2, -0.15) is 11.8 Å². The summed E-state index contributed by atoms with van der Waals surface area (Å²) in [6.07, 6.45) is 5.18. The van der Waals surface area contributed by atoms with Crippen molar-refractivity contribution in [3.8, 4) is 0 Å². The molecule has 2 unspecified atom stereocenters. The SMILES string of the molecule is NC(CCCCNC(=O)CCCCC1SC[C@H]2NC(=O)N[C@@H]12)C(=O)O. The molecular weight excluding hydrogens is 344 g/mol. The molecule has 9 heteroatoms. The smallest absolute Gasteiger partial charge is 0.320 e. The van der Waals surface area contributed by atoms with Crippen molar-refractivity contribution >= 4 is 29.7 Å². The Morgan fingerprint density at radius 2 is 2.08 bits per heavy atom. The first kappa shape index (κ1) is 19.8. The number of rotatable bonds is 11. The maximum Gasteiger partial charge on any atom is 0.320 e. The Bertz CT molecular complexity index is 491. The lowest BCUT2D eigenvalue weighted by molar-refractivity contribution is -0.138. The zero-order valence-electron chi connectivity index (χ0n) is 14.3. The number of hydrogen-bond acceptors (Lipinski definition) is 5. The van der Waals surface area contributed by atoms with Crippen LogP contribution in [0.1, 0.15) is 44.9 Å². The molecule has 3 amide bonds. The van der Waals surface area contributed by atoms with E-state index in [4.69, 9.17) is 10.8 Å². The third-order valence-electron chi connectivity index (χ3n) is 4.66. The van der Waals surface area contributed by atoms with E-state index in [2.05, 4.69) is 16.0 Å². The molecule has 0 saturated carbocycles. The summed E-state index contributed by atoms with van der Waals surface area (Å²) >= 11 is 1.89. The fourth-order valence-electron chi connectivity index (χ4n) is 3.20. The van der Waals surface area contributed by atoms with Gasteiger partial charge in [0.25, 0.3) is 0 Å². The molecule has 142 valence electrons. The summed E-state index contributed by atoms with van der Waals surface area (Å²) in [6, 6.07) is -0.406. The van der Waals surface area contributed by atoms with Crippen molar-refractivity contribution in [1.29, 1.82) is 0 Å². The minimum atomic E-state index is -0.983. The molecule has 2 rings (SSSR count). The second-order valence-electron chi connectivity index (χ2n) is 6.66. The average molecular weight is 372 g/mol. The normalized spacial score (nSPS) is 25.8. The third-order valence-corrected chi connectivity index (χ3v) is 6.17. The van der Waals surface area contributed by atoms with Gasteiger partial charge in [0.15, 0.2) is 0 Å². The van der Waals surface area contributed by atoms with Crippen LogP contribution in [-0.2, 0) is 9.59 Å². The van der Waals surface area contributed by atoms with E-state index < -0.39 is 12.0 Å². The fraction of sp³-hybridized carbons (Fsp3) is 0.812. The van der Waals surface area contributed by atoms with Crippen LogP contribution in [0, 0.1) is 0 Å². The summed E-state index contributed by atoms with van der Waals surface area (Å²) in [5.74, 6) is 0.0131. The zero-order chi connectivity index (χ0) is 18.2. The quantitative estimate of drug-likeness (QED) is 0.263. The minimum Gasteiger partial charge on any atom is -0.480 e. The van der Waals surface area contributed by atoms with Crippen molar-refractivity contribution < 1.29 is 19.5 Å². The highest BCUT2D eigenvalue weighted by molar-refractivity contribution is 8.00. The van der Waals surface area contributed by atoms with Crippen molar-refractivity contribution in [2.45, 2.75) is 68.3 Å². The highest BCUT2D eigenvalue weighted by Crippen LogP contribution is 2.33. The molecule has 2 aliphatic heterocycles. The van der Waals surface area contributed by atoms with E-state index in [1.165, 1.54) is 0 Å². The van der Waals surface area contributed by atoms with Crippen LogP contribution < -0.4 is 21.7 Å². The molecule has 2 heterocycles. The molecule has 0 aromatic carbocycles. The molecule has 25 heavy (non-hydrogen) atoms. The predicted molar refractivity (Wildman–Crippen MR) is 96.4 cm³/mol. The van der Waals surface area contributed by atoms with Crippen molar-refractivity contribution in [2.75, 3.05) is 12.3 Å². The monoisotopic (exact) mass is 372 g/mol. The summed E-state index contributed by atoms with van der Waals surface area (Å²) in [6.45, 7) is 0.561. The summed E-state index contributed by atoms with van der Waals surface area (Å²) in [5.41, 5.74) is 5.42. The van der Waals surface area contributed by atoms with E-state index in [1.54, 1.807) is 0 Å². The molecule has 0 aromatic rings. The molecule has 8 nitrogen and oxygen atoms in total. The van der Waals surface area contributed by atoms with Crippen molar-refractivity contribution in [3.63, 3.8) is 0 Å². The van der Waals surface area contributed by atoms with Crippen LogP contribution in [-0.4, -0.2) is 58.7 Å². The number of thioether (sulfide) groups is 1. The van der Waals surface area contributed by atoms with E-state index in [0.717, 1.165) is 31.4 Å². The van der Waals surface area contributed by atoms with Crippen molar-refractivity contribution in [1.82, 2.24) is 16.0 Å². The Hall–Kier alpha value is -1.48. The number of carboxylic acid groups (broad SMARTS) is 1. The van der Waals surface area contributed by atoms with Crippen LogP contribution >= 0.6 is 11.8 Å². The lowest BCUT2D eigenvalue weighted by atomic mass is 10.0. The number of unbranched alkanes of at least 4 members (excludes halogenated alkanes) is 2. The topological polar surface area (TPSA) is 134 Å². The van der Waals surface area contributed by atoms with Gasteiger partial charge in [-0.15, -0.1) is 0 Å². The number of nitrogens with two attached hydrogens (primary N) is 1. The number of nitrogens with one attached hydrogen (secondary N) is 3. The standard InChI is InChI=1S/C16H28N4O4S/c17-10(15(22)23)5-3-4-8-18-13(21)7-2-1-6-12-14-11(9-25-12)19-16(24)20-14/h10-12,14H,1-9,17H2,(H,18,21)(H,22,23)(H2,19,20,24)/t10?,11-,12?,14-/m1/s1. The Labute approximate surface area is 152 Å². The Balaban J connectivity index is 1.46. The van der Waals surface area contributed by atoms with Crippen LogP contribution in [0.3, 0.4) is 0 Å². The highest BCUT2D eigenvalue weighted by Gasteiger charge is 2.42. The first-order valence-corrected chi connectivity index (χ1v) is 9.96. The summed E-state index contributed by atoms with van der Waals surface area (Å²) in [4.78, 5) is 33.7. The molecule has 0 aliphatic carbocycles. The minimum absolute atomic E-state index is 0.0373. The number of urea groups is 1. The van der Waals surface area contributed by atoms with E-state index in [-0.39, 0.29) is 24.0 Å². The molecule has 4 atom stereocenters. The second-order valence-corrected chi connectivity index (χ2v) is 7.93. The number of hydrogen-bond donors (Lipinski definition) is 5. The lowest BCUT2D eigenvalue weighted by Gasteiger charge is -2.16. The van der Waals surface area contributed by atoms with Crippen molar-refractivity contribution in [2.24, 2.45) is 5.73 Å². The zero-order valence-corrected chi connectivity index (χ0v) is 15.1. The average Bonchev–Trinajstić information content (AvgIpc) is 3.10. The predicted octanol–water partition coefficient (Wildman–Crippen LogP) is 0.411. The number of carboxylic acids is 1. The number of carbonyl (C=O) groups excluding carboxylic acids is 2. The Morgan fingerprint density at radius 1 is 1.28 bits per heavy atom. The third kappa shape index (κ3) is 6.39. The second kappa shape index (κ2) is 9.86. The molecule has 0 radical (unpaired) electrons. The van der Waals surface area contributed by atoms with Gasteiger partial charge in [0.05, 0.1) is 12.1 Å². The van der Waals surface area contributed by atoms with Crippen LogP contribution in [0.4, 0.5) is 4.79 Å². The molecular formula is C16H28N4O4S. The molecule has 0 aromatic heterocycles. The first-order valence-electron chi connectivity index (χ1n) is 8.91. The Kier molecular flexibility index (Phi) is 7.83. The van der Waals surface area contributed by atoms with E-state index in [9.17, 15) is 14.4 Å². The van der Waals surface area contributed by atoms with Gasteiger partial charge in [-0.25, -0.2) is 4.79 Å². The molecule has 0 bridgehead atoms. The first-order chi connectivity index (χ1) is 12.0. The van der Waals surface area contributed by atoms with Gasteiger partial charge in [-0.3, -0.25) is 9.59 Å². The van der Waals surface area contributed by atoms with Crippen LogP contribution in [0.25, 0.3) is 0 Å². The van der Waals surface area contributed by atoms with Crippen LogP contribution in [0.15, 0.2) is 0 Å². The maximum absolute atomic E-state index is 11.8. The molecule has 6 N–H and O–H groups in total. The van der Waals surface area contributed by atoms with Gasteiger partial charge < -0.3 is 26.8 Å². The van der Waals surface area contributed by atoms with Crippen molar-refractivity contribution in [3.05, 3.63) is 0 Å². The number of carbonyl (C=O) groups is 3. The maximum atomic E-state index is 11.8. The summed E-state index contributed by atoms with van der Waals surface area (Å²) in [7, 11) is 0. The van der Waals surface area contributed by atoms with E-state index >= 15 is 0 Å². The number of fused-ring (bicyclic) bond motifs is 1. The van der Waals surface area contributed by atoms with E-state index in [1.807, 2.05) is 11.8 Å². The Morgan fingerprint density at radius 3 is 2.84 bits per heavy atom.